The average molecular weight is 409 g/mol. The molecule has 0 aromatic heterocycles. The first-order chi connectivity index (χ1) is 13.6. The molecule has 2 atom stereocenters. The molecule has 1 unspecified atom stereocenters. The SMILES string of the molecule is CCCN(C)C(=O)[C@@H]1CCCN1C(=O)/C(C)=C/C(C(C)C)N(C)C(=O)CNC=O. The molecule has 164 valence electrons. The summed E-state index contributed by atoms with van der Waals surface area (Å²) in [7, 11) is 3.44. The van der Waals surface area contributed by atoms with Crippen LogP contribution >= 0.6 is 0 Å². The van der Waals surface area contributed by atoms with E-state index in [1.54, 1.807) is 41.8 Å². The molecule has 0 spiro atoms. The molecule has 1 aliphatic rings. The number of carbonyl (C=O) groups excluding carboxylic acids is 4. The fraction of sp³-hybridized carbons (Fsp3) is 0.714. The summed E-state index contributed by atoms with van der Waals surface area (Å²) in [4.78, 5) is 53.4. The lowest BCUT2D eigenvalue weighted by Gasteiger charge is -2.31. The number of rotatable bonds is 10. The number of nitrogens with zero attached hydrogens (tertiary/aromatic N) is 3. The molecule has 1 aliphatic heterocycles. The van der Waals surface area contributed by atoms with Crippen molar-refractivity contribution in [3.8, 4) is 0 Å². The number of likely N-dealkylation sites (tertiary alicyclic amines) is 1. The first-order valence-corrected chi connectivity index (χ1v) is 10.3. The largest absolute Gasteiger partial charge is 0.350 e. The second kappa shape index (κ2) is 11.6. The van der Waals surface area contributed by atoms with Crippen LogP contribution < -0.4 is 5.32 Å². The maximum Gasteiger partial charge on any atom is 0.249 e. The molecule has 0 aliphatic carbocycles. The summed E-state index contributed by atoms with van der Waals surface area (Å²) in [6.45, 7) is 8.83. The summed E-state index contributed by atoms with van der Waals surface area (Å²) in [5.41, 5.74) is 0.518. The van der Waals surface area contributed by atoms with Gasteiger partial charge in [-0.3, -0.25) is 19.2 Å². The van der Waals surface area contributed by atoms with Crippen LogP contribution in [0.1, 0.15) is 47.0 Å². The Kier molecular flexibility index (Phi) is 9.85. The summed E-state index contributed by atoms with van der Waals surface area (Å²) >= 11 is 0. The number of likely N-dealkylation sites (N-methyl/N-ethyl adjacent to an activating group) is 2. The highest BCUT2D eigenvalue weighted by molar-refractivity contribution is 5.97. The Balaban J connectivity index is 2.97. The van der Waals surface area contributed by atoms with Gasteiger partial charge in [0.2, 0.25) is 24.1 Å². The third-order valence-corrected chi connectivity index (χ3v) is 5.35. The fourth-order valence-electron chi connectivity index (χ4n) is 3.69. The fourth-order valence-corrected chi connectivity index (χ4v) is 3.69. The highest BCUT2D eigenvalue weighted by Gasteiger charge is 2.36. The molecule has 8 nitrogen and oxygen atoms in total. The molecule has 1 N–H and O–H groups in total. The maximum absolute atomic E-state index is 13.1. The highest BCUT2D eigenvalue weighted by atomic mass is 16.2. The molecule has 0 radical (unpaired) electrons. The van der Waals surface area contributed by atoms with Crippen molar-refractivity contribution in [2.75, 3.05) is 33.7 Å². The summed E-state index contributed by atoms with van der Waals surface area (Å²) in [6.07, 6.45) is 4.63. The second-order valence-corrected chi connectivity index (χ2v) is 8.00. The molecular weight excluding hydrogens is 372 g/mol. The van der Waals surface area contributed by atoms with Crippen molar-refractivity contribution in [1.29, 1.82) is 0 Å². The van der Waals surface area contributed by atoms with E-state index in [1.165, 1.54) is 0 Å². The van der Waals surface area contributed by atoms with Crippen LogP contribution in [0.3, 0.4) is 0 Å². The van der Waals surface area contributed by atoms with E-state index in [9.17, 15) is 19.2 Å². The van der Waals surface area contributed by atoms with Crippen molar-refractivity contribution in [1.82, 2.24) is 20.0 Å². The minimum absolute atomic E-state index is 0.0156. The molecule has 29 heavy (non-hydrogen) atoms. The molecular formula is C21H36N4O4. The number of nitrogens with one attached hydrogen (secondary N) is 1. The van der Waals surface area contributed by atoms with Crippen LogP contribution in [0.4, 0.5) is 0 Å². The van der Waals surface area contributed by atoms with Crippen LogP contribution in [0.25, 0.3) is 0 Å². The molecule has 0 aromatic carbocycles. The predicted molar refractivity (Wildman–Crippen MR) is 112 cm³/mol. The predicted octanol–water partition coefficient (Wildman–Crippen LogP) is 1.02. The number of hydrogen-bond acceptors (Lipinski definition) is 4. The van der Waals surface area contributed by atoms with Gasteiger partial charge >= 0.3 is 0 Å². The number of amides is 4. The summed E-state index contributed by atoms with van der Waals surface area (Å²) < 4.78 is 0. The maximum atomic E-state index is 13.1. The van der Waals surface area contributed by atoms with Crippen molar-refractivity contribution in [2.45, 2.75) is 59.0 Å². The lowest BCUT2D eigenvalue weighted by Crippen LogP contribution is -2.47. The van der Waals surface area contributed by atoms with Crippen molar-refractivity contribution >= 4 is 24.1 Å². The molecule has 1 saturated heterocycles. The highest BCUT2D eigenvalue weighted by Crippen LogP contribution is 2.22. The second-order valence-electron chi connectivity index (χ2n) is 8.00. The first-order valence-electron chi connectivity index (χ1n) is 10.3. The zero-order valence-corrected chi connectivity index (χ0v) is 18.6. The van der Waals surface area contributed by atoms with Gasteiger partial charge in [-0.25, -0.2) is 0 Å². The van der Waals surface area contributed by atoms with E-state index in [2.05, 4.69) is 5.32 Å². The van der Waals surface area contributed by atoms with E-state index in [1.807, 2.05) is 20.8 Å². The van der Waals surface area contributed by atoms with Gasteiger partial charge in [-0.2, -0.15) is 0 Å². The lowest BCUT2D eigenvalue weighted by atomic mass is 9.99. The van der Waals surface area contributed by atoms with Crippen LogP contribution in [-0.4, -0.2) is 84.6 Å². The third-order valence-electron chi connectivity index (χ3n) is 5.35. The molecule has 0 aromatic rings. The zero-order chi connectivity index (χ0) is 22.1. The Morgan fingerprint density at radius 3 is 2.45 bits per heavy atom. The van der Waals surface area contributed by atoms with E-state index in [-0.39, 0.29) is 36.2 Å². The van der Waals surface area contributed by atoms with Crippen molar-refractivity contribution in [3.05, 3.63) is 11.6 Å². The van der Waals surface area contributed by atoms with Crippen LogP contribution in [0, 0.1) is 5.92 Å². The van der Waals surface area contributed by atoms with Gasteiger partial charge in [-0.1, -0.05) is 26.8 Å². The normalized spacial score (nSPS) is 17.8. The Hall–Kier alpha value is -2.38. The van der Waals surface area contributed by atoms with Gasteiger partial charge in [-0.05, 0) is 32.1 Å². The number of hydrogen-bond donors (Lipinski definition) is 1. The molecule has 8 heteroatoms. The van der Waals surface area contributed by atoms with Crippen LogP contribution in [0.5, 0.6) is 0 Å². The average Bonchev–Trinajstić information content (AvgIpc) is 3.17. The molecule has 0 saturated carbocycles. The first kappa shape index (κ1) is 24.7. The van der Waals surface area contributed by atoms with Crippen molar-refractivity contribution < 1.29 is 19.2 Å². The van der Waals surface area contributed by atoms with E-state index in [0.717, 1.165) is 12.8 Å². The van der Waals surface area contributed by atoms with Crippen molar-refractivity contribution in [3.63, 3.8) is 0 Å². The Morgan fingerprint density at radius 2 is 1.90 bits per heavy atom. The summed E-state index contributed by atoms with van der Waals surface area (Å²) in [5.74, 6) is -0.334. The van der Waals surface area contributed by atoms with E-state index in [4.69, 9.17) is 0 Å². The molecule has 0 bridgehead atoms. The molecule has 1 rings (SSSR count). The van der Waals surface area contributed by atoms with Gasteiger partial charge in [0.15, 0.2) is 0 Å². The van der Waals surface area contributed by atoms with Crippen LogP contribution in [0.2, 0.25) is 0 Å². The third kappa shape index (κ3) is 6.58. The Labute approximate surface area is 174 Å². The molecule has 1 fully saturated rings. The molecule has 1 heterocycles. The van der Waals surface area contributed by atoms with Crippen LogP contribution in [-0.2, 0) is 19.2 Å². The summed E-state index contributed by atoms with van der Waals surface area (Å²) in [6, 6.07) is -0.713. The Morgan fingerprint density at radius 1 is 1.24 bits per heavy atom. The van der Waals surface area contributed by atoms with Gasteiger partial charge in [0.1, 0.15) is 6.04 Å². The minimum atomic E-state index is -0.420. The smallest absolute Gasteiger partial charge is 0.249 e. The minimum Gasteiger partial charge on any atom is -0.350 e. The Bertz CT molecular complexity index is 632. The lowest BCUT2D eigenvalue weighted by molar-refractivity contribution is -0.141. The van der Waals surface area contributed by atoms with Crippen LogP contribution in [0.15, 0.2) is 11.6 Å². The van der Waals surface area contributed by atoms with E-state index < -0.39 is 6.04 Å². The van der Waals surface area contributed by atoms with Gasteiger partial charge in [0.25, 0.3) is 0 Å². The van der Waals surface area contributed by atoms with E-state index >= 15 is 0 Å². The zero-order valence-electron chi connectivity index (χ0n) is 18.6. The van der Waals surface area contributed by atoms with Gasteiger partial charge in [-0.15, -0.1) is 0 Å². The standard InChI is InChI=1S/C21H36N4O4/c1-7-10-23(5)21(29)17-9-8-11-25(17)20(28)16(4)12-18(15(2)3)24(6)19(27)13-22-14-26/h12,14-15,17-18H,7-11,13H2,1-6H3,(H,22,26)/b16-12+/t17-,18?/m0/s1. The number of carbonyl (C=O) groups is 4. The van der Waals surface area contributed by atoms with Crippen molar-refractivity contribution in [2.24, 2.45) is 5.92 Å². The summed E-state index contributed by atoms with van der Waals surface area (Å²) in [5, 5.41) is 2.37. The van der Waals surface area contributed by atoms with E-state index in [0.29, 0.717) is 31.5 Å². The quantitative estimate of drug-likeness (QED) is 0.432. The van der Waals surface area contributed by atoms with Gasteiger partial charge < -0.3 is 20.0 Å². The molecule has 4 amide bonds. The topological polar surface area (TPSA) is 90.0 Å². The van der Waals surface area contributed by atoms with Gasteiger partial charge in [0.05, 0.1) is 12.6 Å². The monoisotopic (exact) mass is 408 g/mol. The van der Waals surface area contributed by atoms with Gasteiger partial charge in [0, 0.05) is 32.8 Å².